The molecule has 0 heterocycles. The third-order valence-electron chi connectivity index (χ3n) is 1.81. The van der Waals surface area contributed by atoms with Gasteiger partial charge in [0.15, 0.2) is 0 Å². The fourth-order valence-electron chi connectivity index (χ4n) is 0.941. The van der Waals surface area contributed by atoms with Gasteiger partial charge in [-0.05, 0) is 19.1 Å². The molecule has 0 radical (unpaired) electrons. The van der Waals surface area contributed by atoms with Crippen LogP contribution in [0.2, 0.25) is 0 Å². The summed E-state index contributed by atoms with van der Waals surface area (Å²) in [5.74, 6) is -0.161. The highest BCUT2D eigenvalue weighted by molar-refractivity contribution is 7.80. The highest BCUT2D eigenvalue weighted by Gasteiger charge is 2.10. The molecule has 0 bridgehead atoms. The van der Waals surface area contributed by atoms with Crippen molar-refractivity contribution >= 4 is 23.1 Å². The van der Waals surface area contributed by atoms with E-state index in [9.17, 15) is 4.79 Å². The van der Waals surface area contributed by atoms with Gasteiger partial charge in [-0.15, -0.1) is 0 Å². The number of carbonyl (C=O) groups is 1. The number of nitrogens with two attached hydrogens (primary N) is 1. The first-order chi connectivity index (χ1) is 6.61. The van der Waals surface area contributed by atoms with Crippen LogP contribution in [0.1, 0.15) is 17.3 Å². The molecule has 0 aliphatic rings. The normalized spacial score (nSPS) is 11.8. The fraction of sp³-hybridized carbons (Fsp3) is 0.200. The summed E-state index contributed by atoms with van der Waals surface area (Å²) in [5, 5.41) is 2.69. The predicted octanol–water partition coefficient (Wildman–Crippen LogP) is 1.09. The van der Waals surface area contributed by atoms with Crippen LogP contribution < -0.4 is 11.1 Å². The van der Waals surface area contributed by atoms with Crippen molar-refractivity contribution in [1.82, 2.24) is 5.32 Å². The molecule has 0 aromatic heterocycles. The van der Waals surface area contributed by atoms with Gasteiger partial charge in [-0.25, -0.2) is 0 Å². The molecule has 0 aliphatic heterocycles. The number of hydrogen-bond acceptors (Lipinski definition) is 2. The Morgan fingerprint density at radius 3 is 2.50 bits per heavy atom. The molecule has 0 aliphatic carbocycles. The van der Waals surface area contributed by atoms with E-state index in [2.05, 4.69) is 5.32 Å². The summed E-state index contributed by atoms with van der Waals surface area (Å²) in [6, 6.07) is 8.66. The number of benzene rings is 1. The highest BCUT2D eigenvalue weighted by Crippen LogP contribution is 1.98. The zero-order chi connectivity index (χ0) is 10.6. The van der Waals surface area contributed by atoms with Gasteiger partial charge in [0.2, 0.25) is 0 Å². The van der Waals surface area contributed by atoms with Gasteiger partial charge in [0.05, 0.1) is 11.0 Å². The van der Waals surface area contributed by atoms with Gasteiger partial charge >= 0.3 is 0 Å². The van der Waals surface area contributed by atoms with Crippen molar-refractivity contribution in [3.05, 3.63) is 35.9 Å². The Labute approximate surface area is 88.3 Å². The molecule has 0 fully saturated rings. The molecule has 1 unspecified atom stereocenters. The van der Waals surface area contributed by atoms with Gasteiger partial charge in [-0.2, -0.15) is 0 Å². The first-order valence-corrected chi connectivity index (χ1v) is 4.67. The van der Waals surface area contributed by atoms with Crippen LogP contribution in [-0.4, -0.2) is 16.9 Å². The molecule has 1 atom stereocenters. The van der Waals surface area contributed by atoms with Crippen LogP contribution >= 0.6 is 12.2 Å². The van der Waals surface area contributed by atoms with Crippen LogP contribution in [0.4, 0.5) is 0 Å². The van der Waals surface area contributed by atoms with E-state index >= 15 is 0 Å². The molecule has 3 N–H and O–H groups in total. The summed E-state index contributed by atoms with van der Waals surface area (Å²) in [7, 11) is 0. The van der Waals surface area contributed by atoms with Crippen molar-refractivity contribution in [3.63, 3.8) is 0 Å². The molecule has 0 saturated carbocycles. The van der Waals surface area contributed by atoms with Crippen molar-refractivity contribution in [1.29, 1.82) is 0 Å². The second kappa shape index (κ2) is 4.72. The zero-order valence-corrected chi connectivity index (χ0v) is 8.67. The molecule has 1 amide bonds. The van der Waals surface area contributed by atoms with E-state index in [-0.39, 0.29) is 16.9 Å². The predicted molar refractivity (Wildman–Crippen MR) is 60.2 cm³/mol. The molecule has 0 spiro atoms. The fourth-order valence-corrected chi connectivity index (χ4v) is 1.000. The van der Waals surface area contributed by atoms with E-state index in [1.54, 1.807) is 31.2 Å². The topological polar surface area (TPSA) is 55.1 Å². The van der Waals surface area contributed by atoms with Gasteiger partial charge in [0.25, 0.3) is 5.91 Å². The summed E-state index contributed by atoms with van der Waals surface area (Å²) < 4.78 is 0. The number of hydrogen-bond donors (Lipinski definition) is 2. The molecular weight excluding hydrogens is 196 g/mol. The Hall–Kier alpha value is -1.42. The quantitative estimate of drug-likeness (QED) is 0.731. The molecule has 0 saturated heterocycles. The minimum atomic E-state index is -0.280. The van der Waals surface area contributed by atoms with Crippen molar-refractivity contribution in [2.45, 2.75) is 13.0 Å². The van der Waals surface area contributed by atoms with E-state index in [0.717, 1.165) is 0 Å². The summed E-state index contributed by atoms with van der Waals surface area (Å²) in [6.07, 6.45) is 0. The minimum Gasteiger partial charge on any atom is -0.392 e. The Balaban J connectivity index is 2.64. The van der Waals surface area contributed by atoms with Crippen molar-refractivity contribution in [2.75, 3.05) is 0 Å². The maximum Gasteiger partial charge on any atom is 0.251 e. The van der Waals surface area contributed by atoms with Crippen molar-refractivity contribution in [3.8, 4) is 0 Å². The Morgan fingerprint density at radius 2 is 2.00 bits per heavy atom. The molecule has 3 nitrogen and oxygen atoms in total. The SMILES string of the molecule is CC(NC(=O)c1ccccc1)C(N)=S. The molecule has 4 heteroatoms. The monoisotopic (exact) mass is 208 g/mol. The minimum absolute atomic E-state index is 0.161. The maximum atomic E-state index is 11.5. The molecule has 14 heavy (non-hydrogen) atoms. The first kappa shape index (κ1) is 10.7. The van der Waals surface area contributed by atoms with Crippen molar-refractivity contribution in [2.24, 2.45) is 5.73 Å². The van der Waals surface area contributed by atoms with Gasteiger partial charge in [-0.1, -0.05) is 30.4 Å². The molecular formula is C10H12N2OS. The first-order valence-electron chi connectivity index (χ1n) is 4.26. The average Bonchev–Trinajstić information content (AvgIpc) is 2.19. The van der Waals surface area contributed by atoms with Gasteiger partial charge in [-0.3, -0.25) is 4.79 Å². The summed E-state index contributed by atoms with van der Waals surface area (Å²) in [5.41, 5.74) is 5.99. The molecule has 1 aromatic rings. The smallest absolute Gasteiger partial charge is 0.251 e. The van der Waals surface area contributed by atoms with E-state index in [0.29, 0.717) is 5.56 Å². The number of carbonyl (C=O) groups excluding carboxylic acids is 1. The number of thiocarbonyl (C=S) groups is 1. The molecule has 74 valence electrons. The van der Waals surface area contributed by atoms with Gasteiger partial charge in [0, 0.05) is 5.56 Å². The summed E-state index contributed by atoms with van der Waals surface area (Å²) >= 11 is 4.75. The third-order valence-corrected chi connectivity index (χ3v) is 2.16. The average molecular weight is 208 g/mol. The van der Waals surface area contributed by atoms with Crippen LogP contribution in [0, 0.1) is 0 Å². The van der Waals surface area contributed by atoms with Gasteiger partial charge in [0.1, 0.15) is 0 Å². The van der Waals surface area contributed by atoms with E-state index in [1.165, 1.54) is 0 Å². The largest absolute Gasteiger partial charge is 0.392 e. The standard InChI is InChI=1S/C10H12N2OS/c1-7(9(11)14)12-10(13)8-5-3-2-4-6-8/h2-7H,1H3,(H2,11,14)(H,12,13). The number of amides is 1. The van der Waals surface area contributed by atoms with Crippen LogP contribution in [0.3, 0.4) is 0 Å². The second-order valence-electron chi connectivity index (χ2n) is 2.96. The lowest BCUT2D eigenvalue weighted by Gasteiger charge is -2.11. The van der Waals surface area contributed by atoms with Crippen LogP contribution in [0.5, 0.6) is 0 Å². The third kappa shape index (κ3) is 2.81. The zero-order valence-electron chi connectivity index (χ0n) is 7.86. The second-order valence-corrected chi connectivity index (χ2v) is 3.43. The Kier molecular flexibility index (Phi) is 3.59. The van der Waals surface area contributed by atoms with E-state index in [1.807, 2.05) is 6.07 Å². The number of rotatable bonds is 3. The lowest BCUT2D eigenvalue weighted by molar-refractivity contribution is 0.0949. The van der Waals surface area contributed by atoms with Crippen LogP contribution in [0.15, 0.2) is 30.3 Å². The number of nitrogens with one attached hydrogen (secondary N) is 1. The molecule has 1 rings (SSSR count). The maximum absolute atomic E-state index is 11.5. The van der Waals surface area contributed by atoms with Crippen molar-refractivity contribution < 1.29 is 4.79 Å². The Morgan fingerprint density at radius 1 is 1.43 bits per heavy atom. The van der Waals surface area contributed by atoms with E-state index < -0.39 is 0 Å². The lowest BCUT2D eigenvalue weighted by atomic mass is 10.2. The Bertz CT molecular complexity index is 337. The summed E-state index contributed by atoms with van der Waals surface area (Å²) in [4.78, 5) is 11.8. The van der Waals surface area contributed by atoms with Crippen LogP contribution in [0.25, 0.3) is 0 Å². The van der Waals surface area contributed by atoms with E-state index in [4.69, 9.17) is 18.0 Å². The van der Waals surface area contributed by atoms with Gasteiger partial charge < -0.3 is 11.1 Å². The highest BCUT2D eigenvalue weighted by atomic mass is 32.1. The summed E-state index contributed by atoms with van der Waals surface area (Å²) in [6.45, 7) is 1.75. The lowest BCUT2D eigenvalue weighted by Crippen LogP contribution is -2.41. The van der Waals surface area contributed by atoms with Crippen LogP contribution in [-0.2, 0) is 0 Å². The molecule has 1 aromatic carbocycles.